The minimum atomic E-state index is 0.431. The fourth-order valence-electron chi connectivity index (χ4n) is 3.32. The average Bonchev–Trinajstić information content (AvgIpc) is 2.35. The van der Waals surface area contributed by atoms with E-state index >= 15 is 0 Å². The number of rotatable bonds is 8. The standard InChI is InChI=1S/C16H34N2/c1-4-18(15-9-6-5-7-10-15)14-8-11-16(2,3)12-13-17/h15H,4-14,17H2,1-3H3. The van der Waals surface area contributed by atoms with Gasteiger partial charge in [-0.25, -0.2) is 0 Å². The van der Waals surface area contributed by atoms with Crippen LogP contribution in [0.4, 0.5) is 0 Å². The number of nitrogens with two attached hydrogens (primary N) is 1. The molecule has 0 spiro atoms. The van der Waals surface area contributed by atoms with Crippen LogP contribution in [0.25, 0.3) is 0 Å². The summed E-state index contributed by atoms with van der Waals surface area (Å²) in [7, 11) is 0. The van der Waals surface area contributed by atoms with E-state index in [-0.39, 0.29) is 0 Å². The van der Waals surface area contributed by atoms with Crippen molar-refractivity contribution in [1.82, 2.24) is 4.90 Å². The Morgan fingerprint density at radius 3 is 2.33 bits per heavy atom. The Hall–Kier alpha value is -0.0800. The SMILES string of the molecule is CCN(CCCC(C)(C)CCN)C1CCCCC1. The van der Waals surface area contributed by atoms with E-state index < -0.39 is 0 Å². The summed E-state index contributed by atoms with van der Waals surface area (Å²) in [6, 6.07) is 0.876. The van der Waals surface area contributed by atoms with Gasteiger partial charge >= 0.3 is 0 Å². The minimum absolute atomic E-state index is 0.431. The van der Waals surface area contributed by atoms with Crippen molar-refractivity contribution in [2.45, 2.75) is 78.2 Å². The Morgan fingerprint density at radius 2 is 1.78 bits per heavy atom. The van der Waals surface area contributed by atoms with Crippen molar-refractivity contribution in [3.05, 3.63) is 0 Å². The van der Waals surface area contributed by atoms with E-state index in [1.54, 1.807) is 0 Å². The van der Waals surface area contributed by atoms with Crippen LogP contribution < -0.4 is 5.73 Å². The van der Waals surface area contributed by atoms with Crippen LogP contribution in [0.15, 0.2) is 0 Å². The highest BCUT2D eigenvalue weighted by Gasteiger charge is 2.21. The topological polar surface area (TPSA) is 29.3 Å². The summed E-state index contributed by atoms with van der Waals surface area (Å²) in [5.41, 5.74) is 6.11. The molecule has 2 heteroatoms. The molecule has 0 aromatic carbocycles. The molecule has 1 aliphatic rings. The highest BCUT2D eigenvalue weighted by Crippen LogP contribution is 2.27. The molecule has 1 rings (SSSR count). The smallest absolute Gasteiger partial charge is 0.00951 e. The van der Waals surface area contributed by atoms with E-state index in [4.69, 9.17) is 5.73 Å². The normalized spacial score (nSPS) is 18.5. The van der Waals surface area contributed by atoms with Crippen LogP contribution in [0.2, 0.25) is 0 Å². The van der Waals surface area contributed by atoms with Crippen molar-refractivity contribution >= 4 is 0 Å². The zero-order valence-corrected chi connectivity index (χ0v) is 12.9. The first-order chi connectivity index (χ1) is 8.59. The van der Waals surface area contributed by atoms with Gasteiger partial charge in [0.2, 0.25) is 0 Å². The number of hydrogen-bond donors (Lipinski definition) is 1. The molecule has 1 saturated carbocycles. The largest absolute Gasteiger partial charge is 0.330 e. The first kappa shape index (κ1) is 16.0. The van der Waals surface area contributed by atoms with Gasteiger partial charge in [-0.05, 0) is 57.2 Å². The maximum atomic E-state index is 5.68. The van der Waals surface area contributed by atoms with E-state index in [1.807, 2.05) is 0 Å². The average molecular weight is 254 g/mol. The zero-order chi connectivity index (χ0) is 13.4. The summed E-state index contributed by atoms with van der Waals surface area (Å²) >= 11 is 0. The lowest BCUT2D eigenvalue weighted by molar-refractivity contribution is 0.152. The molecule has 108 valence electrons. The quantitative estimate of drug-likeness (QED) is 0.714. The van der Waals surface area contributed by atoms with Crippen LogP contribution in [-0.2, 0) is 0 Å². The molecule has 0 heterocycles. The second-order valence-corrected chi connectivity index (χ2v) is 6.73. The van der Waals surface area contributed by atoms with Crippen LogP contribution in [0, 0.1) is 5.41 Å². The number of hydrogen-bond acceptors (Lipinski definition) is 2. The van der Waals surface area contributed by atoms with Crippen molar-refractivity contribution in [3.63, 3.8) is 0 Å². The van der Waals surface area contributed by atoms with Crippen LogP contribution in [0.3, 0.4) is 0 Å². The van der Waals surface area contributed by atoms with Gasteiger partial charge in [0.25, 0.3) is 0 Å². The first-order valence-electron chi connectivity index (χ1n) is 8.03. The van der Waals surface area contributed by atoms with Crippen molar-refractivity contribution in [2.24, 2.45) is 11.1 Å². The van der Waals surface area contributed by atoms with Gasteiger partial charge < -0.3 is 10.6 Å². The highest BCUT2D eigenvalue weighted by atomic mass is 15.1. The van der Waals surface area contributed by atoms with Gasteiger partial charge in [-0.15, -0.1) is 0 Å². The predicted octanol–water partition coefficient (Wildman–Crippen LogP) is 3.80. The van der Waals surface area contributed by atoms with Gasteiger partial charge in [0.15, 0.2) is 0 Å². The van der Waals surface area contributed by atoms with Crippen molar-refractivity contribution in [2.75, 3.05) is 19.6 Å². The lowest BCUT2D eigenvalue weighted by atomic mass is 9.84. The molecule has 0 aromatic rings. The monoisotopic (exact) mass is 254 g/mol. The van der Waals surface area contributed by atoms with Gasteiger partial charge in [0.1, 0.15) is 0 Å². The van der Waals surface area contributed by atoms with E-state index in [2.05, 4.69) is 25.7 Å². The van der Waals surface area contributed by atoms with Crippen LogP contribution >= 0.6 is 0 Å². The molecule has 2 nitrogen and oxygen atoms in total. The molecular weight excluding hydrogens is 220 g/mol. The molecule has 0 amide bonds. The van der Waals surface area contributed by atoms with Crippen molar-refractivity contribution in [3.8, 4) is 0 Å². The molecule has 0 unspecified atom stereocenters. The predicted molar refractivity (Wildman–Crippen MR) is 80.8 cm³/mol. The maximum Gasteiger partial charge on any atom is 0.00951 e. The minimum Gasteiger partial charge on any atom is -0.330 e. The molecule has 0 atom stereocenters. The maximum absolute atomic E-state index is 5.68. The molecule has 18 heavy (non-hydrogen) atoms. The van der Waals surface area contributed by atoms with Gasteiger partial charge in [-0.3, -0.25) is 0 Å². The fraction of sp³-hybridized carbons (Fsp3) is 1.00. The molecule has 0 bridgehead atoms. The summed E-state index contributed by atoms with van der Waals surface area (Å²) in [6.45, 7) is 10.4. The van der Waals surface area contributed by atoms with Gasteiger partial charge in [-0.2, -0.15) is 0 Å². The molecule has 0 radical (unpaired) electrons. The molecule has 0 aromatic heterocycles. The third-order valence-electron chi connectivity index (χ3n) is 4.62. The van der Waals surface area contributed by atoms with Gasteiger partial charge in [0.05, 0.1) is 0 Å². The fourth-order valence-corrected chi connectivity index (χ4v) is 3.32. The lowest BCUT2D eigenvalue weighted by Gasteiger charge is -2.34. The highest BCUT2D eigenvalue weighted by molar-refractivity contribution is 4.76. The summed E-state index contributed by atoms with van der Waals surface area (Å²) < 4.78 is 0. The van der Waals surface area contributed by atoms with Crippen LogP contribution in [-0.4, -0.2) is 30.6 Å². The second-order valence-electron chi connectivity index (χ2n) is 6.73. The van der Waals surface area contributed by atoms with Crippen molar-refractivity contribution in [1.29, 1.82) is 0 Å². The molecule has 2 N–H and O–H groups in total. The van der Waals surface area contributed by atoms with E-state index in [0.29, 0.717) is 5.41 Å². The van der Waals surface area contributed by atoms with Crippen LogP contribution in [0.1, 0.15) is 72.1 Å². The molecule has 1 fully saturated rings. The summed E-state index contributed by atoms with van der Waals surface area (Å²) in [5.74, 6) is 0. The molecule has 0 aliphatic heterocycles. The first-order valence-corrected chi connectivity index (χ1v) is 8.03. The third kappa shape index (κ3) is 5.71. The Morgan fingerprint density at radius 1 is 1.11 bits per heavy atom. The molecule has 1 aliphatic carbocycles. The molecule has 0 saturated heterocycles. The zero-order valence-electron chi connectivity index (χ0n) is 12.9. The Labute approximate surface area is 114 Å². The van der Waals surface area contributed by atoms with Gasteiger partial charge in [-0.1, -0.05) is 40.0 Å². The third-order valence-corrected chi connectivity index (χ3v) is 4.62. The Kier molecular flexibility index (Phi) is 7.25. The van der Waals surface area contributed by atoms with Gasteiger partial charge in [0, 0.05) is 6.04 Å². The summed E-state index contributed by atoms with van der Waals surface area (Å²) in [4.78, 5) is 2.72. The Balaban J connectivity index is 2.26. The summed E-state index contributed by atoms with van der Waals surface area (Å²) in [6.07, 6.45) is 11.0. The van der Waals surface area contributed by atoms with E-state index in [1.165, 1.54) is 58.0 Å². The van der Waals surface area contributed by atoms with Crippen LogP contribution in [0.5, 0.6) is 0 Å². The lowest BCUT2D eigenvalue weighted by Crippen LogP contribution is -2.37. The van der Waals surface area contributed by atoms with E-state index in [9.17, 15) is 0 Å². The number of nitrogens with zero attached hydrogens (tertiary/aromatic N) is 1. The summed E-state index contributed by atoms with van der Waals surface area (Å²) in [5, 5.41) is 0. The van der Waals surface area contributed by atoms with E-state index in [0.717, 1.165) is 19.0 Å². The second kappa shape index (κ2) is 8.16. The molecular formula is C16H34N2. The Bertz CT molecular complexity index is 207. The van der Waals surface area contributed by atoms with Crippen molar-refractivity contribution < 1.29 is 0 Å².